The third kappa shape index (κ3) is 3.41. The maximum atomic E-state index is 11.7. The highest BCUT2D eigenvalue weighted by atomic mass is 16.1. The summed E-state index contributed by atoms with van der Waals surface area (Å²) in [6.45, 7) is 2.63. The van der Waals surface area contributed by atoms with E-state index in [0.29, 0.717) is 13.0 Å². The molecule has 5 nitrogen and oxygen atoms in total. The Labute approximate surface area is 106 Å². The fraction of sp³-hybridized carbons (Fsp3) is 0.308. The Morgan fingerprint density at radius 1 is 1.44 bits per heavy atom. The molecule has 5 heteroatoms. The van der Waals surface area contributed by atoms with Crippen molar-refractivity contribution in [3.05, 3.63) is 42.2 Å². The first-order valence-corrected chi connectivity index (χ1v) is 6.01. The summed E-state index contributed by atoms with van der Waals surface area (Å²) in [6.07, 6.45) is 4.69. The second-order valence-corrected chi connectivity index (χ2v) is 4.02. The zero-order valence-corrected chi connectivity index (χ0v) is 10.3. The number of benzene rings is 1. The Balaban J connectivity index is 1.86. The van der Waals surface area contributed by atoms with Crippen molar-refractivity contribution in [3.8, 4) is 0 Å². The van der Waals surface area contributed by atoms with E-state index in [1.54, 1.807) is 17.1 Å². The number of hydrogen-bond donors (Lipinski definition) is 1. The number of aromatic nitrogens is 3. The highest BCUT2D eigenvalue weighted by Crippen LogP contribution is 2.11. The topological polar surface area (TPSA) is 59.8 Å². The van der Waals surface area contributed by atoms with Gasteiger partial charge in [-0.3, -0.25) is 9.48 Å². The summed E-state index contributed by atoms with van der Waals surface area (Å²) in [5, 5.41) is 10.4. The van der Waals surface area contributed by atoms with E-state index >= 15 is 0 Å². The number of rotatable bonds is 5. The molecule has 1 aromatic carbocycles. The molecule has 2 aromatic rings. The molecular formula is C13H16N4O. The lowest BCUT2D eigenvalue weighted by Gasteiger charge is -2.06. The van der Waals surface area contributed by atoms with Gasteiger partial charge in [0, 0.05) is 18.3 Å². The van der Waals surface area contributed by atoms with Gasteiger partial charge in [-0.1, -0.05) is 24.3 Å². The average Bonchev–Trinajstić information content (AvgIpc) is 2.90. The molecule has 0 atom stereocenters. The average molecular weight is 244 g/mol. The zero-order chi connectivity index (χ0) is 12.8. The van der Waals surface area contributed by atoms with Crippen molar-refractivity contribution in [2.24, 2.45) is 0 Å². The predicted octanol–water partition coefficient (Wildman–Crippen LogP) is 1.87. The number of aryl methyl sites for hydroxylation is 2. The van der Waals surface area contributed by atoms with Gasteiger partial charge >= 0.3 is 0 Å². The van der Waals surface area contributed by atoms with Gasteiger partial charge in [0.1, 0.15) is 0 Å². The molecule has 0 bridgehead atoms. The summed E-state index contributed by atoms with van der Waals surface area (Å²) in [7, 11) is 0. The van der Waals surface area contributed by atoms with Crippen LogP contribution in [0, 0.1) is 0 Å². The summed E-state index contributed by atoms with van der Waals surface area (Å²) in [6, 6.07) is 7.89. The van der Waals surface area contributed by atoms with Crippen LogP contribution >= 0.6 is 0 Å². The van der Waals surface area contributed by atoms with Crippen molar-refractivity contribution >= 4 is 11.6 Å². The van der Waals surface area contributed by atoms with E-state index in [2.05, 4.69) is 22.6 Å². The first kappa shape index (κ1) is 12.3. The van der Waals surface area contributed by atoms with Gasteiger partial charge in [-0.05, 0) is 24.1 Å². The Morgan fingerprint density at radius 2 is 2.33 bits per heavy atom. The standard InChI is InChI=1S/C13H16N4O/c1-2-11-4-3-5-12(10-11)15-13(18)6-8-17-9-7-14-16-17/h3-5,7,9-10H,2,6,8H2,1H3,(H,15,18). The van der Waals surface area contributed by atoms with Crippen molar-refractivity contribution in [1.29, 1.82) is 0 Å². The molecule has 0 aliphatic rings. The van der Waals surface area contributed by atoms with Crippen molar-refractivity contribution < 1.29 is 4.79 Å². The lowest BCUT2D eigenvalue weighted by Crippen LogP contribution is -2.14. The Kier molecular flexibility index (Phi) is 4.06. The minimum atomic E-state index is -0.0150. The number of anilines is 1. The molecule has 0 radical (unpaired) electrons. The molecule has 2 rings (SSSR count). The molecule has 0 unspecified atom stereocenters. The molecule has 0 aliphatic carbocycles. The molecule has 1 amide bonds. The molecule has 0 spiro atoms. The lowest BCUT2D eigenvalue weighted by atomic mass is 10.1. The molecule has 0 saturated heterocycles. The largest absolute Gasteiger partial charge is 0.326 e. The van der Waals surface area contributed by atoms with Gasteiger partial charge in [-0.15, -0.1) is 5.10 Å². The SMILES string of the molecule is CCc1cccc(NC(=O)CCn2ccnn2)c1. The van der Waals surface area contributed by atoms with Crippen LogP contribution in [0.3, 0.4) is 0 Å². The molecule has 94 valence electrons. The van der Waals surface area contributed by atoms with Crippen molar-refractivity contribution in [3.63, 3.8) is 0 Å². The number of amides is 1. The quantitative estimate of drug-likeness (QED) is 0.873. The van der Waals surface area contributed by atoms with E-state index in [9.17, 15) is 4.79 Å². The van der Waals surface area contributed by atoms with Gasteiger partial charge in [0.25, 0.3) is 0 Å². The minimum absolute atomic E-state index is 0.0150. The zero-order valence-electron chi connectivity index (χ0n) is 10.3. The van der Waals surface area contributed by atoms with E-state index in [-0.39, 0.29) is 5.91 Å². The van der Waals surface area contributed by atoms with Crippen LogP contribution in [0.25, 0.3) is 0 Å². The molecule has 1 aromatic heterocycles. The summed E-state index contributed by atoms with van der Waals surface area (Å²) in [5.41, 5.74) is 2.06. The summed E-state index contributed by atoms with van der Waals surface area (Å²) in [4.78, 5) is 11.7. The maximum absolute atomic E-state index is 11.7. The molecule has 0 fully saturated rings. The minimum Gasteiger partial charge on any atom is -0.326 e. The van der Waals surface area contributed by atoms with Gasteiger partial charge in [-0.25, -0.2) is 0 Å². The van der Waals surface area contributed by atoms with E-state index in [1.165, 1.54) is 5.56 Å². The van der Waals surface area contributed by atoms with E-state index in [1.807, 2.05) is 24.3 Å². The maximum Gasteiger partial charge on any atom is 0.226 e. The second kappa shape index (κ2) is 5.95. The smallest absolute Gasteiger partial charge is 0.226 e. The summed E-state index contributed by atoms with van der Waals surface area (Å²) < 4.78 is 1.64. The van der Waals surface area contributed by atoms with Crippen LogP contribution in [-0.4, -0.2) is 20.9 Å². The van der Waals surface area contributed by atoms with Crippen LogP contribution in [0.4, 0.5) is 5.69 Å². The van der Waals surface area contributed by atoms with Gasteiger partial charge < -0.3 is 5.32 Å². The lowest BCUT2D eigenvalue weighted by molar-refractivity contribution is -0.116. The van der Waals surface area contributed by atoms with Crippen molar-refractivity contribution in [2.75, 3.05) is 5.32 Å². The fourth-order valence-electron chi connectivity index (χ4n) is 1.66. The predicted molar refractivity (Wildman–Crippen MR) is 69.1 cm³/mol. The van der Waals surface area contributed by atoms with Crippen LogP contribution in [0.5, 0.6) is 0 Å². The van der Waals surface area contributed by atoms with E-state index in [0.717, 1.165) is 12.1 Å². The fourth-order valence-corrected chi connectivity index (χ4v) is 1.66. The molecular weight excluding hydrogens is 228 g/mol. The van der Waals surface area contributed by atoms with Crippen molar-refractivity contribution in [1.82, 2.24) is 15.0 Å². The monoisotopic (exact) mass is 244 g/mol. The number of carbonyl (C=O) groups is 1. The van der Waals surface area contributed by atoms with Crippen LogP contribution in [0.2, 0.25) is 0 Å². The van der Waals surface area contributed by atoms with Gasteiger partial charge in [0.2, 0.25) is 5.91 Å². The number of nitrogens with one attached hydrogen (secondary N) is 1. The third-order valence-corrected chi connectivity index (χ3v) is 2.66. The molecule has 18 heavy (non-hydrogen) atoms. The highest BCUT2D eigenvalue weighted by molar-refractivity contribution is 5.90. The number of hydrogen-bond acceptors (Lipinski definition) is 3. The first-order valence-electron chi connectivity index (χ1n) is 6.01. The van der Waals surface area contributed by atoms with Gasteiger partial charge in [-0.2, -0.15) is 0 Å². The van der Waals surface area contributed by atoms with Gasteiger partial charge in [0.15, 0.2) is 0 Å². The van der Waals surface area contributed by atoms with E-state index in [4.69, 9.17) is 0 Å². The van der Waals surface area contributed by atoms with Crippen LogP contribution in [-0.2, 0) is 17.8 Å². The number of nitrogens with zero attached hydrogens (tertiary/aromatic N) is 3. The van der Waals surface area contributed by atoms with E-state index < -0.39 is 0 Å². The van der Waals surface area contributed by atoms with Crippen molar-refractivity contribution in [2.45, 2.75) is 26.3 Å². The number of carbonyl (C=O) groups excluding carboxylic acids is 1. The normalized spacial score (nSPS) is 10.3. The third-order valence-electron chi connectivity index (χ3n) is 2.66. The Morgan fingerprint density at radius 3 is 3.06 bits per heavy atom. The molecule has 1 N–H and O–H groups in total. The second-order valence-electron chi connectivity index (χ2n) is 4.02. The molecule has 0 saturated carbocycles. The summed E-state index contributed by atoms with van der Waals surface area (Å²) >= 11 is 0. The Bertz CT molecular complexity index is 507. The molecule has 0 aliphatic heterocycles. The van der Waals surface area contributed by atoms with Gasteiger partial charge in [0.05, 0.1) is 12.7 Å². The molecule has 1 heterocycles. The van der Waals surface area contributed by atoms with Crippen LogP contribution < -0.4 is 5.32 Å². The summed E-state index contributed by atoms with van der Waals surface area (Å²) in [5.74, 6) is -0.0150. The van der Waals surface area contributed by atoms with Crippen LogP contribution in [0.1, 0.15) is 18.9 Å². The highest BCUT2D eigenvalue weighted by Gasteiger charge is 2.03. The first-order chi connectivity index (χ1) is 8.78. The Hall–Kier alpha value is -2.17. The van der Waals surface area contributed by atoms with Crippen LogP contribution in [0.15, 0.2) is 36.7 Å².